The number of likely N-dealkylation sites (N-methyl/N-ethyl adjacent to an activating group) is 1. The lowest BCUT2D eigenvalue weighted by Crippen LogP contribution is -2.47. The lowest BCUT2D eigenvalue weighted by Gasteiger charge is -2.28. The van der Waals surface area contributed by atoms with Gasteiger partial charge in [0.25, 0.3) is 0 Å². The maximum absolute atomic E-state index is 12.9. The van der Waals surface area contributed by atoms with Gasteiger partial charge in [-0.1, -0.05) is 48.0 Å². The van der Waals surface area contributed by atoms with E-state index in [1.807, 2.05) is 49.4 Å². The second-order valence-corrected chi connectivity index (χ2v) is 6.48. The minimum atomic E-state index is -0.569. The van der Waals surface area contributed by atoms with Crippen molar-refractivity contribution in [2.45, 2.75) is 32.9 Å². The molecule has 25 heavy (non-hydrogen) atoms. The second kappa shape index (κ2) is 8.67. The van der Waals surface area contributed by atoms with Gasteiger partial charge >= 0.3 is 0 Å². The van der Waals surface area contributed by atoms with Crippen molar-refractivity contribution in [1.82, 2.24) is 10.2 Å². The van der Waals surface area contributed by atoms with Crippen LogP contribution in [0.2, 0.25) is 5.02 Å². The van der Waals surface area contributed by atoms with E-state index < -0.39 is 6.04 Å². The molecule has 0 aliphatic carbocycles. The van der Waals surface area contributed by atoms with Crippen molar-refractivity contribution >= 4 is 23.4 Å². The van der Waals surface area contributed by atoms with Gasteiger partial charge in [-0.25, -0.2) is 0 Å². The standard InChI is InChI=1S/C20H23ClN2O2/c1-14-7-4-5-9-17(14)12-19(24)23(15(2)20(25)22-3)13-16-8-6-10-18(21)11-16/h4-11,15H,12-13H2,1-3H3,(H,22,25). The molecular weight excluding hydrogens is 336 g/mol. The summed E-state index contributed by atoms with van der Waals surface area (Å²) in [6, 6.07) is 14.5. The van der Waals surface area contributed by atoms with Crippen LogP contribution in [0.15, 0.2) is 48.5 Å². The van der Waals surface area contributed by atoms with E-state index in [1.165, 1.54) is 0 Å². The zero-order valence-electron chi connectivity index (χ0n) is 14.8. The van der Waals surface area contributed by atoms with Gasteiger partial charge in [-0.05, 0) is 42.7 Å². The number of rotatable bonds is 6. The fraction of sp³-hybridized carbons (Fsp3) is 0.300. The molecule has 0 spiro atoms. The first-order valence-electron chi connectivity index (χ1n) is 8.22. The van der Waals surface area contributed by atoms with Gasteiger partial charge in [-0.2, -0.15) is 0 Å². The number of amides is 2. The zero-order valence-corrected chi connectivity index (χ0v) is 15.5. The summed E-state index contributed by atoms with van der Waals surface area (Å²) in [5.41, 5.74) is 2.92. The number of nitrogens with one attached hydrogen (secondary N) is 1. The number of carbonyl (C=O) groups is 2. The van der Waals surface area contributed by atoms with Crippen LogP contribution in [0.25, 0.3) is 0 Å². The Kier molecular flexibility index (Phi) is 6.59. The van der Waals surface area contributed by atoms with Gasteiger partial charge in [0, 0.05) is 18.6 Å². The molecule has 132 valence electrons. The molecule has 0 saturated heterocycles. The van der Waals surface area contributed by atoms with Crippen LogP contribution in [0.1, 0.15) is 23.6 Å². The monoisotopic (exact) mass is 358 g/mol. The van der Waals surface area contributed by atoms with E-state index in [2.05, 4.69) is 5.32 Å². The topological polar surface area (TPSA) is 49.4 Å². The predicted octanol–water partition coefficient (Wildman–Crippen LogP) is 3.35. The third kappa shape index (κ3) is 5.07. The van der Waals surface area contributed by atoms with Gasteiger partial charge in [-0.3, -0.25) is 9.59 Å². The fourth-order valence-electron chi connectivity index (χ4n) is 2.70. The highest BCUT2D eigenvalue weighted by Crippen LogP contribution is 2.17. The van der Waals surface area contributed by atoms with Crippen LogP contribution < -0.4 is 5.32 Å². The van der Waals surface area contributed by atoms with Crippen molar-refractivity contribution in [2.24, 2.45) is 0 Å². The molecular formula is C20H23ClN2O2. The lowest BCUT2D eigenvalue weighted by molar-refractivity contribution is -0.139. The molecule has 0 radical (unpaired) electrons. The Labute approximate surface area is 153 Å². The van der Waals surface area contributed by atoms with Crippen LogP contribution in [0.3, 0.4) is 0 Å². The van der Waals surface area contributed by atoms with Gasteiger partial charge in [0.2, 0.25) is 11.8 Å². The van der Waals surface area contributed by atoms with Crippen molar-refractivity contribution in [1.29, 1.82) is 0 Å². The van der Waals surface area contributed by atoms with E-state index in [9.17, 15) is 9.59 Å². The molecule has 5 heteroatoms. The maximum atomic E-state index is 12.9. The number of carbonyl (C=O) groups excluding carboxylic acids is 2. The minimum Gasteiger partial charge on any atom is -0.357 e. The van der Waals surface area contributed by atoms with E-state index in [-0.39, 0.29) is 18.2 Å². The average molecular weight is 359 g/mol. The largest absolute Gasteiger partial charge is 0.357 e. The van der Waals surface area contributed by atoms with Gasteiger partial charge < -0.3 is 10.2 Å². The van der Waals surface area contributed by atoms with Gasteiger partial charge in [-0.15, -0.1) is 0 Å². The van der Waals surface area contributed by atoms with Crippen molar-refractivity contribution < 1.29 is 9.59 Å². The summed E-state index contributed by atoms with van der Waals surface area (Å²) in [7, 11) is 1.57. The molecule has 1 unspecified atom stereocenters. The number of aryl methyl sites for hydroxylation is 1. The Morgan fingerprint density at radius 2 is 1.88 bits per heavy atom. The first-order valence-corrected chi connectivity index (χ1v) is 8.60. The molecule has 0 saturated carbocycles. The van der Waals surface area contributed by atoms with Crippen LogP contribution in [-0.4, -0.2) is 29.8 Å². The lowest BCUT2D eigenvalue weighted by atomic mass is 10.0. The Morgan fingerprint density at radius 1 is 1.16 bits per heavy atom. The molecule has 0 aliphatic rings. The zero-order chi connectivity index (χ0) is 18.4. The molecule has 1 atom stereocenters. The van der Waals surface area contributed by atoms with Crippen LogP contribution in [-0.2, 0) is 22.6 Å². The molecule has 2 aromatic carbocycles. The quantitative estimate of drug-likeness (QED) is 0.860. The molecule has 0 bridgehead atoms. The van der Waals surface area contributed by atoms with Crippen LogP contribution >= 0.6 is 11.6 Å². The molecule has 2 amide bonds. The second-order valence-electron chi connectivity index (χ2n) is 6.05. The van der Waals surface area contributed by atoms with Crippen molar-refractivity contribution in [2.75, 3.05) is 7.05 Å². The molecule has 4 nitrogen and oxygen atoms in total. The molecule has 0 heterocycles. The Morgan fingerprint density at radius 3 is 2.52 bits per heavy atom. The molecule has 0 fully saturated rings. The van der Waals surface area contributed by atoms with E-state index in [0.717, 1.165) is 16.7 Å². The van der Waals surface area contributed by atoms with Crippen molar-refractivity contribution in [3.8, 4) is 0 Å². The molecule has 0 aliphatic heterocycles. The molecule has 0 aromatic heterocycles. The summed E-state index contributed by atoms with van der Waals surface area (Å²) < 4.78 is 0. The van der Waals surface area contributed by atoms with E-state index in [4.69, 9.17) is 11.6 Å². The number of nitrogens with zero attached hydrogens (tertiary/aromatic N) is 1. The third-order valence-corrected chi connectivity index (χ3v) is 4.49. The fourth-order valence-corrected chi connectivity index (χ4v) is 2.91. The van der Waals surface area contributed by atoms with Crippen LogP contribution in [0.4, 0.5) is 0 Å². The van der Waals surface area contributed by atoms with Crippen LogP contribution in [0, 0.1) is 6.92 Å². The maximum Gasteiger partial charge on any atom is 0.242 e. The highest BCUT2D eigenvalue weighted by atomic mass is 35.5. The van der Waals surface area contributed by atoms with E-state index in [0.29, 0.717) is 11.6 Å². The smallest absolute Gasteiger partial charge is 0.242 e. The van der Waals surface area contributed by atoms with Gasteiger partial charge in [0.1, 0.15) is 6.04 Å². The van der Waals surface area contributed by atoms with Crippen molar-refractivity contribution in [3.05, 3.63) is 70.2 Å². The Hall–Kier alpha value is -2.33. The first-order chi connectivity index (χ1) is 11.9. The number of halogens is 1. The van der Waals surface area contributed by atoms with Gasteiger partial charge in [0.05, 0.1) is 6.42 Å². The summed E-state index contributed by atoms with van der Waals surface area (Å²) in [5, 5.41) is 3.22. The highest BCUT2D eigenvalue weighted by Gasteiger charge is 2.25. The predicted molar refractivity (Wildman–Crippen MR) is 100 cm³/mol. The minimum absolute atomic E-state index is 0.0922. The van der Waals surface area contributed by atoms with E-state index in [1.54, 1.807) is 24.9 Å². The summed E-state index contributed by atoms with van der Waals surface area (Å²) in [6.45, 7) is 4.05. The normalized spacial score (nSPS) is 11.7. The Balaban J connectivity index is 2.25. The summed E-state index contributed by atoms with van der Waals surface area (Å²) in [6.07, 6.45) is 0.259. The molecule has 2 aromatic rings. The number of benzene rings is 2. The number of hydrogen-bond acceptors (Lipinski definition) is 2. The highest BCUT2D eigenvalue weighted by molar-refractivity contribution is 6.30. The Bertz CT molecular complexity index is 761. The summed E-state index contributed by atoms with van der Waals surface area (Å²) in [4.78, 5) is 26.6. The van der Waals surface area contributed by atoms with Crippen LogP contribution in [0.5, 0.6) is 0 Å². The first kappa shape index (κ1) is 19.0. The summed E-state index contributed by atoms with van der Waals surface area (Å²) >= 11 is 6.05. The number of hydrogen-bond donors (Lipinski definition) is 1. The summed E-state index contributed by atoms with van der Waals surface area (Å²) in [5.74, 6) is -0.287. The average Bonchev–Trinajstić information content (AvgIpc) is 2.60. The van der Waals surface area contributed by atoms with E-state index >= 15 is 0 Å². The molecule has 1 N–H and O–H groups in total. The third-order valence-electron chi connectivity index (χ3n) is 4.26. The van der Waals surface area contributed by atoms with Gasteiger partial charge in [0.15, 0.2) is 0 Å². The molecule has 2 rings (SSSR count). The SMILES string of the molecule is CNC(=O)C(C)N(Cc1cccc(Cl)c1)C(=O)Cc1ccccc1C. The van der Waals surface area contributed by atoms with Crippen molar-refractivity contribution in [3.63, 3.8) is 0 Å².